The number of benzene rings is 1. The first-order valence-corrected chi connectivity index (χ1v) is 8.21. The molecule has 0 saturated heterocycles. The van der Waals surface area contributed by atoms with Gasteiger partial charge in [-0.25, -0.2) is 5.10 Å². The van der Waals surface area contributed by atoms with Crippen LogP contribution in [0.4, 0.5) is 5.69 Å². The summed E-state index contributed by atoms with van der Waals surface area (Å²) in [6, 6.07) is 5.77. The Labute approximate surface area is 143 Å². The third kappa shape index (κ3) is 4.72. The van der Waals surface area contributed by atoms with Gasteiger partial charge in [-0.1, -0.05) is 19.4 Å². The van der Waals surface area contributed by atoms with E-state index >= 15 is 0 Å². The van der Waals surface area contributed by atoms with E-state index in [0.717, 1.165) is 24.2 Å². The number of halogens is 1. The summed E-state index contributed by atoms with van der Waals surface area (Å²) >= 11 is 3.24. The van der Waals surface area contributed by atoms with Crippen LogP contribution in [0.25, 0.3) is 0 Å². The number of hydrogen-bond acceptors (Lipinski definition) is 5. The van der Waals surface area contributed by atoms with Crippen LogP contribution >= 0.6 is 15.9 Å². The largest absolute Gasteiger partial charge is 0.493 e. The highest BCUT2D eigenvalue weighted by Gasteiger charge is 2.08. The summed E-state index contributed by atoms with van der Waals surface area (Å²) in [6.07, 6.45) is 3.64. The van der Waals surface area contributed by atoms with E-state index in [4.69, 9.17) is 9.47 Å². The number of aromatic nitrogens is 2. The van der Waals surface area contributed by atoms with Crippen molar-refractivity contribution in [3.63, 3.8) is 0 Å². The molecule has 23 heavy (non-hydrogen) atoms. The van der Waals surface area contributed by atoms with Gasteiger partial charge in [-0.3, -0.25) is 4.79 Å². The van der Waals surface area contributed by atoms with Crippen LogP contribution in [-0.4, -0.2) is 23.9 Å². The highest BCUT2D eigenvalue weighted by Crippen LogP contribution is 2.29. The molecule has 0 aliphatic carbocycles. The monoisotopic (exact) mass is 381 g/mol. The predicted molar refractivity (Wildman–Crippen MR) is 93.3 cm³/mol. The van der Waals surface area contributed by atoms with Crippen LogP contribution in [0.5, 0.6) is 11.5 Å². The minimum Gasteiger partial charge on any atom is -0.493 e. The van der Waals surface area contributed by atoms with Crippen molar-refractivity contribution in [1.29, 1.82) is 0 Å². The molecule has 0 bridgehead atoms. The highest BCUT2D eigenvalue weighted by molar-refractivity contribution is 9.10. The average Bonchev–Trinajstić information content (AvgIpc) is 2.56. The Kier molecular flexibility index (Phi) is 6.46. The first-order chi connectivity index (χ1) is 11.2. The molecule has 1 aromatic heterocycles. The second kappa shape index (κ2) is 8.57. The van der Waals surface area contributed by atoms with E-state index in [1.165, 1.54) is 0 Å². The fourth-order valence-electron chi connectivity index (χ4n) is 1.97. The zero-order valence-corrected chi connectivity index (χ0v) is 14.8. The van der Waals surface area contributed by atoms with E-state index in [1.807, 2.05) is 18.2 Å². The number of rotatable bonds is 8. The number of nitrogens with zero attached hydrogens (tertiary/aromatic N) is 1. The summed E-state index contributed by atoms with van der Waals surface area (Å²) in [6.45, 7) is 3.32. The Balaban J connectivity index is 2.09. The SMILES string of the molecule is CCCCOc1cc(CNc2cn[nH]c(=O)c2Br)ccc1OC. The summed E-state index contributed by atoms with van der Waals surface area (Å²) in [5.74, 6) is 1.44. The van der Waals surface area contributed by atoms with Gasteiger partial charge in [0.2, 0.25) is 0 Å². The molecular formula is C16H20BrN3O3. The number of anilines is 1. The quantitative estimate of drug-likeness (QED) is 0.685. The molecule has 2 aromatic rings. The van der Waals surface area contributed by atoms with Crippen molar-refractivity contribution < 1.29 is 9.47 Å². The fraction of sp³-hybridized carbons (Fsp3) is 0.375. The second-order valence-electron chi connectivity index (χ2n) is 4.97. The van der Waals surface area contributed by atoms with E-state index in [1.54, 1.807) is 13.3 Å². The molecule has 6 nitrogen and oxygen atoms in total. The zero-order chi connectivity index (χ0) is 16.7. The van der Waals surface area contributed by atoms with Crippen LogP contribution in [0.3, 0.4) is 0 Å². The molecule has 0 aliphatic rings. The van der Waals surface area contributed by atoms with Gasteiger partial charge < -0.3 is 14.8 Å². The maximum Gasteiger partial charge on any atom is 0.280 e. The molecule has 0 saturated carbocycles. The van der Waals surface area contributed by atoms with Gasteiger partial charge in [0.1, 0.15) is 4.47 Å². The van der Waals surface area contributed by atoms with E-state index in [2.05, 4.69) is 38.4 Å². The number of methoxy groups -OCH3 is 1. The number of unbranched alkanes of at least 4 members (excludes halogenated alkanes) is 1. The van der Waals surface area contributed by atoms with Crippen molar-refractivity contribution in [1.82, 2.24) is 10.2 Å². The molecule has 0 spiro atoms. The van der Waals surface area contributed by atoms with Crippen molar-refractivity contribution in [3.8, 4) is 11.5 Å². The lowest BCUT2D eigenvalue weighted by Crippen LogP contribution is -2.12. The Hall–Kier alpha value is -2.02. The summed E-state index contributed by atoms with van der Waals surface area (Å²) in [7, 11) is 1.62. The van der Waals surface area contributed by atoms with Gasteiger partial charge in [-0.05, 0) is 40.0 Å². The van der Waals surface area contributed by atoms with Gasteiger partial charge in [0.15, 0.2) is 11.5 Å². The van der Waals surface area contributed by atoms with E-state index < -0.39 is 0 Å². The second-order valence-corrected chi connectivity index (χ2v) is 5.76. The van der Waals surface area contributed by atoms with Gasteiger partial charge in [-0.15, -0.1) is 0 Å². The Bertz CT molecular complexity index is 703. The van der Waals surface area contributed by atoms with Gasteiger partial charge in [0.05, 0.1) is 25.6 Å². The molecule has 0 fully saturated rings. The van der Waals surface area contributed by atoms with Crippen molar-refractivity contribution in [2.24, 2.45) is 0 Å². The van der Waals surface area contributed by atoms with Crippen LogP contribution in [-0.2, 0) is 6.54 Å². The maximum atomic E-state index is 11.5. The van der Waals surface area contributed by atoms with E-state index in [-0.39, 0.29) is 5.56 Å². The molecule has 7 heteroatoms. The lowest BCUT2D eigenvalue weighted by atomic mass is 10.2. The lowest BCUT2D eigenvalue weighted by Gasteiger charge is -2.13. The van der Waals surface area contributed by atoms with E-state index in [9.17, 15) is 4.79 Å². The molecule has 2 rings (SSSR count). The fourth-order valence-corrected chi connectivity index (χ4v) is 2.31. The number of aromatic amines is 1. The molecule has 0 atom stereocenters. The Morgan fingerprint density at radius 2 is 2.17 bits per heavy atom. The summed E-state index contributed by atoms with van der Waals surface area (Å²) in [4.78, 5) is 11.5. The third-order valence-corrected chi connectivity index (χ3v) is 4.05. The average molecular weight is 382 g/mol. The van der Waals surface area contributed by atoms with Gasteiger partial charge >= 0.3 is 0 Å². The lowest BCUT2D eigenvalue weighted by molar-refractivity contribution is 0.288. The molecule has 0 aliphatic heterocycles. The van der Waals surface area contributed by atoms with Crippen LogP contribution in [0, 0.1) is 0 Å². The number of nitrogens with one attached hydrogen (secondary N) is 2. The number of H-pyrrole nitrogens is 1. The molecule has 124 valence electrons. The summed E-state index contributed by atoms with van der Waals surface area (Å²) in [5, 5.41) is 9.32. The maximum absolute atomic E-state index is 11.5. The molecule has 0 amide bonds. The normalized spacial score (nSPS) is 10.4. The standard InChI is InChI=1S/C16H20BrN3O3/c1-3-4-7-23-14-8-11(5-6-13(14)22-2)9-18-12-10-19-20-16(21)15(12)17/h5-6,8,10H,3-4,7,9H2,1-2H3,(H2,18,20,21). The molecule has 1 heterocycles. The van der Waals surface area contributed by atoms with Crippen molar-refractivity contribution >= 4 is 21.6 Å². The van der Waals surface area contributed by atoms with Crippen molar-refractivity contribution in [2.45, 2.75) is 26.3 Å². The number of ether oxygens (including phenoxy) is 2. The Morgan fingerprint density at radius 3 is 2.91 bits per heavy atom. The molecule has 2 N–H and O–H groups in total. The van der Waals surface area contributed by atoms with Crippen molar-refractivity contribution in [2.75, 3.05) is 19.0 Å². The first-order valence-electron chi connectivity index (χ1n) is 7.42. The van der Waals surface area contributed by atoms with Gasteiger partial charge in [-0.2, -0.15) is 5.10 Å². The minimum absolute atomic E-state index is 0.270. The van der Waals surface area contributed by atoms with Crippen LogP contribution in [0.2, 0.25) is 0 Å². The van der Waals surface area contributed by atoms with Gasteiger partial charge in [0, 0.05) is 6.54 Å². The smallest absolute Gasteiger partial charge is 0.280 e. The predicted octanol–water partition coefficient (Wildman–Crippen LogP) is 3.33. The van der Waals surface area contributed by atoms with Crippen LogP contribution in [0.1, 0.15) is 25.3 Å². The zero-order valence-electron chi connectivity index (χ0n) is 13.2. The molecule has 0 unspecified atom stereocenters. The number of hydrogen-bond donors (Lipinski definition) is 2. The minimum atomic E-state index is -0.270. The first kappa shape index (κ1) is 17.3. The van der Waals surface area contributed by atoms with Crippen LogP contribution in [0.15, 0.2) is 33.7 Å². The van der Waals surface area contributed by atoms with Crippen molar-refractivity contribution in [3.05, 3.63) is 44.8 Å². The highest BCUT2D eigenvalue weighted by atomic mass is 79.9. The van der Waals surface area contributed by atoms with E-state index in [0.29, 0.717) is 29.1 Å². The molecule has 0 radical (unpaired) electrons. The summed E-state index contributed by atoms with van der Waals surface area (Å²) in [5.41, 5.74) is 1.39. The van der Waals surface area contributed by atoms with Gasteiger partial charge in [0.25, 0.3) is 5.56 Å². The van der Waals surface area contributed by atoms with Crippen LogP contribution < -0.4 is 20.3 Å². The third-order valence-electron chi connectivity index (χ3n) is 3.26. The summed E-state index contributed by atoms with van der Waals surface area (Å²) < 4.78 is 11.5. The molecule has 1 aromatic carbocycles. The Morgan fingerprint density at radius 1 is 1.35 bits per heavy atom. The topological polar surface area (TPSA) is 76.2 Å². The molecular weight excluding hydrogens is 362 g/mol.